The minimum atomic E-state index is -0.843. The molecular formula is C15H16BrN3O5. The van der Waals surface area contributed by atoms with Crippen molar-refractivity contribution in [3.8, 4) is 5.75 Å². The average molecular weight is 398 g/mol. The standard InChI is InChI=1S/C15H16BrN3O5/c16-8-6-19(13-5-11(22)12(7-20)24-13)15(23)18-14(8)17-9-3-1-2-4-10(9)21/h1-4,6,11-13,20-22H,5,7H2,(H,17,18,23)/t11-,12-,13-/m1/s1. The third-order valence-corrected chi connectivity index (χ3v) is 4.34. The molecule has 1 aromatic carbocycles. The molecule has 0 aliphatic carbocycles. The van der Waals surface area contributed by atoms with Gasteiger partial charge in [-0.25, -0.2) is 4.79 Å². The highest BCUT2D eigenvalue weighted by molar-refractivity contribution is 9.10. The van der Waals surface area contributed by atoms with E-state index < -0.39 is 24.1 Å². The minimum absolute atomic E-state index is 0.0309. The van der Waals surface area contributed by atoms with Crippen LogP contribution < -0.4 is 11.0 Å². The first-order chi connectivity index (χ1) is 11.5. The molecule has 2 aromatic rings. The second-order valence-corrected chi connectivity index (χ2v) is 6.24. The molecule has 1 aliphatic heterocycles. The summed E-state index contributed by atoms with van der Waals surface area (Å²) in [5, 5.41) is 31.6. The van der Waals surface area contributed by atoms with Crippen molar-refractivity contribution in [3.05, 3.63) is 45.4 Å². The Morgan fingerprint density at radius 2 is 2.17 bits per heavy atom. The number of ether oxygens (including phenoxy) is 1. The number of benzene rings is 1. The van der Waals surface area contributed by atoms with Gasteiger partial charge in [-0.3, -0.25) is 4.57 Å². The van der Waals surface area contributed by atoms with Gasteiger partial charge in [-0.05, 0) is 28.1 Å². The Morgan fingerprint density at radius 1 is 1.42 bits per heavy atom. The van der Waals surface area contributed by atoms with Gasteiger partial charge in [0.05, 0.1) is 22.9 Å². The van der Waals surface area contributed by atoms with E-state index in [4.69, 9.17) is 9.84 Å². The van der Waals surface area contributed by atoms with Crippen molar-refractivity contribution in [2.75, 3.05) is 11.9 Å². The van der Waals surface area contributed by atoms with Crippen LogP contribution in [0.2, 0.25) is 0 Å². The van der Waals surface area contributed by atoms with Gasteiger partial charge in [0.15, 0.2) is 5.82 Å². The van der Waals surface area contributed by atoms with E-state index in [1.807, 2.05) is 0 Å². The van der Waals surface area contributed by atoms with Crippen LogP contribution in [0.1, 0.15) is 12.6 Å². The van der Waals surface area contributed by atoms with Crippen LogP contribution in [-0.4, -0.2) is 43.7 Å². The Hall–Kier alpha value is -1.94. The number of phenols is 1. The van der Waals surface area contributed by atoms with Gasteiger partial charge in [-0.2, -0.15) is 4.98 Å². The van der Waals surface area contributed by atoms with Crippen molar-refractivity contribution in [2.24, 2.45) is 0 Å². The predicted molar refractivity (Wildman–Crippen MR) is 89.2 cm³/mol. The third-order valence-electron chi connectivity index (χ3n) is 3.76. The van der Waals surface area contributed by atoms with Crippen LogP contribution in [-0.2, 0) is 4.74 Å². The Bertz CT molecular complexity index is 797. The van der Waals surface area contributed by atoms with E-state index in [9.17, 15) is 15.0 Å². The first kappa shape index (κ1) is 16.9. The number of nitrogens with one attached hydrogen (secondary N) is 1. The van der Waals surface area contributed by atoms with Gasteiger partial charge >= 0.3 is 5.69 Å². The van der Waals surface area contributed by atoms with Crippen molar-refractivity contribution in [3.63, 3.8) is 0 Å². The van der Waals surface area contributed by atoms with Gasteiger partial charge in [-0.1, -0.05) is 12.1 Å². The molecule has 9 heteroatoms. The van der Waals surface area contributed by atoms with Crippen LogP contribution in [0, 0.1) is 0 Å². The van der Waals surface area contributed by atoms with Gasteiger partial charge in [-0.15, -0.1) is 0 Å². The molecule has 4 N–H and O–H groups in total. The van der Waals surface area contributed by atoms with Crippen molar-refractivity contribution in [2.45, 2.75) is 24.9 Å². The molecule has 1 aromatic heterocycles. The maximum Gasteiger partial charge on any atom is 0.351 e. The number of para-hydroxylation sites is 2. The minimum Gasteiger partial charge on any atom is -0.506 e. The quantitative estimate of drug-likeness (QED) is 0.570. The summed E-state index contributed by atoms with van der Waals surface area (Å²) in [7, 11) is 0. The monoisotopic (exact) mass is 397 g/mol. The zero-order valence-electron chi connectivity index (χ0n) is 12.5. The van der Waals surface area contributed by atoms with Gasteiger partial charge in [0.1, 0.15) is 18.1 Å². The Kier molecular flexibility index (Phi) is 4.86. The summed E-state index contributed by atoms with van der Waals surface area (Å²) in [5.74, 6) is 0.276. The van der Waals surface area contributed by atoms with Crippen LogP contribution in [0.15, 0.2) is 39.7 Å². The number of hydrogen-bond donors (Lipinski definition) is 4. The summed E-state index contributed by atoms with van der Waals surface area (Å²) in [6, 6.07) is 6.58. The largest absolute Gasteiger partial charge is 0.506 e. The third kappa shape index (κ3) is 3.29. The number of hydrogen-bond acceptors (Lipinski definition) is 7. The smallest absolute Gasteiger partial charge is 0.351 e. The Labute approximate surface area is 145 Å². The Morgan fingerprint density at radius 3 is 2.83 bits per heavy atom. The number of phenolic OH excluding ortho intramolecular Hbond substituents is 1. The molecule has 128 valence electrons. The molecule has 8 nitrogen and oxygen atoms in total. The molecule has 0 unspecified atom stereocenters. The number of aliphatic hydroxyl groups is 2. The normalized spacial score (nSPS) is 23.4. The molecule has 2 heterocycles. The topological polar surface area (TPSA) is 117 Å². The van der Waals surface area contributed by atoms with E-state index >= 15 is 0 Å². The predicted octanol–water partition coefficient (Wildman–Crippen LogP) is 1.10. The van der Waals surface area contributed by atoms with E-state index in [1.54, 1.807) is 18.2 Å². The van der Waals surface area contributed by atoms with E-state index in [0.29, 0.717) is 10.2 Å². The molecule has 0 radical (unpaired) electrons. The maximum atomic E-state index is 12.3. The summed E-state index contributed by atoms with van der Waals surface area (Å²) in [5.41, 5.74) is -0.164. The molecule has 3 rings (SSSR count). The highest BCUT2D eigenvalue weighted by Crippen LogP contribution is 2.31. The van der Waals surface area contributed by atoms with E-state index in [-0.39, 0.29) is 24.6 Å². The second-order valence-electron chi connectivity index (χ2n) is 5.38. The van der Waals surface area contributed by atoms with E-state index in [1.165, 1.54) is 16.8 Å². The molecular weight excluding hydrogens is 382 g/mol. The highest BCUT2D eigenvalue weighted by Gasteiger charge is 2.35. The average Bonchev–Trinajstić information content (AvgIpc) is 2.93. The zero-order valence-corrected chi connectivity index (χ0v) is 14.0. The maximum absolute atomic E-state index is 12.3. The number of halogens is 1. The Balaban J connectivity index is 1.87. The van der Waals surface area contributed by atoms with Crippen LogP contribution in [0.4, 0.5) is 11.5 Å². The van der Waals surface area contributed by atoms with Crippen molar-refractivity contribution < 1.29 is 20.1 Å². The molecule has 0 amide bonds. The fraction of sp³-hybridized carbons (Fsp3) is 0.333. The van der Waals surface area contributed by atoms with Gasteiger partial charge in [0.2, 0.25) is 0 Å². The lowest BCUT2D eigenvalue weighted by atomic mass is 10.2. The summed E-state index contributed by atoms with van der Waals surface area (Å²) >= 11 is 3.32. The van der Waals surface area contributed by atoms with Crippen LogP contribution >= 0.6 is 15.9 Å². The number of nitrogens with zero attached hydrogens (tertiary/aromatic N) is 2. The lowest BCUT2D eigenvalue weighted by Gasteiger charge is -2.16. The number of aromatic hydroxyl groups is 1. The molecule has 0 saturated carbocycles. The molecule has 1 fully saturated rings. The number of rotatable bonds is 4. The number of anilines is 2. The lowest BCUT2D eigenvalue weighted by molar-refractivity contribution is -0.0459. The summed E-state index contributed by atoms with van der Waals surface area (Å²) in [6.45, 7) is -0.325. The van der Waals surface area contributed by atoms with E-state index in [0.717, 1.165) is 0 Å². The van der Waals surface area contributed by atoms with Crippen LogP contribution in [0.3, 0.4) is 0 Å². The fourth-order valence-corrected chi connectivity index (χ4v) is 2.90. The molecule has 1 saturated heterocycles. The summed E-state index contributed by atoms with van der Waals surface area (Å²) in [6.07, 6.45) is -0.586. The number of aliphatic hydroxyl groups excluding tert-OH is 2. The molecule has 3 atom stereocenters. The van der Waals surface area contributed by atoms with Crippen LogP contribution in [0.5, 0.6) is 5.75 Å². The van der Waals surface area contributed by atoms with Gasteiger partial charge in [0, 0.05) is 12.6 Å². The molecule has 24 heavy (non-hydrogen) atoms. The first-order valence-corrected chi connectivity index (χ1v) is 8.07. The molecule has 0 bridgehead atoms. The summed E-state index contributed by atoms with van der Waals surface area (Å²) in [4.78, 5) is 16.2. The SMILES string of the molecule is O=c1nc(Nc2ccccc2O)c(Br)cn1[C@H]1C[C@@H](O)[C@@H](CO)O1. The van der Waals surface area contributed by atoms with Crippen molar-refractivity contribution >= 4 is 27.4 Å². The number of aromatic nitrogens is 2. The van der Waals surface area contributed by atoms with Crippen molar-refractivity contribution in [1.82, 2.24) is 9.55 Å². The van der Waals surface area contributed by atoms with Gasteiger partial charge in [0.25, 0.3) is 0 Å². The fourth-order valence-electron chi connectivity index (χ4n) is 2.50. The lowest BCUT2D eigenvalue weighted by Crippen LogP contribution is -2.28. The molecule has 1 aliphatic rings. The zero-order chi connectivity index (χ0) is 17.3. The second kappa shape index (κ2) is 6.89. The first-order valence-electron chi connectivity index (χ1n) is 7.27. The van der Waals surface area contributed by atoms with Crippen LogP contribution in [0.25, 0.3) is 0 Å². The van der Waals surface area contributed by atoms with Crippen molar-refractivity contribution in [1.29, 1.82) is 0 Å². The highest BCUT2D eigenvalue weighted by atomic mass is 79.9. The summed E-state index contributed by atoms with van der Waals surface area (Å²) < 4.78 is 7.20. The van der Waals surface area contributed by atoms with E-state index in [2.05, 4.69) is 26.2 Å². The van der Waals surface area contributed by atoms with Gasteiger partial charge < -0.3 is 25.4 Å². The molecule has 0 spiro atoms.